The quantitative estimate of drug-likeness (QED) is 0.715. The molecule has 0 aliphatic heterocycles. The van der Waals surface area contributed by atoms with Gasteiger partial charge in [0.1, 0.15) is 5.52 Å². The average molecular weight is 300 g/mol. The maximum Gasteiger partial charge on any atom is 0.205 e. The molecule has 96 valence electrons. The summed E-state index contributed by atoms with van der Waals surface area (Å²) in [6.45, 7) is 6.33. The number of thiophene rings is 2. The minimum absolute atomic E-state index is 0. The van der Waals surface area contributed by atoms with Gasteiger partial charge in [-0.3, -0.25) is 0 Å². The molecule has 0 saturated heterocycles. The number of hydrogen-bond acceptors (Lipinski definition) is 4. The molecule has 0 fully saturated rings. The normalized spacial score (nSPS) is 10.6. The first-order valence-corrected chi connectivity index (χ1v) is 7.16. The highest BCUT2D eigenvalue weighted by Crippen LogP contribution is 2.30. The van der Waals surface area contributed by atoms with E-state index in [1.165, 1.54) is 15.3 Å². The van der Waals surface area contributed by atoms with Gasteiger partial charge in [-0.05, 0) is 31.7 Å². The zero-order valence-corrected chi connectivity index (χ0v) is 12.8. The fraction of sp³-hybridized carbons (Fsp3) is 0.250. The Morgan fingerprint density at radius 3 is 2.56 bits per heavy atom. The molecule has 0 bridgehead atoms. The van der Waals surface area contributed by atoms with Crippen molar-refractivity contribution < 1.29 is 0 Å². The number of hydrogen-bond donors (Lipinski definition) is 2. The van der Waals surface area contributed by atoms with Crippen molar-refractivity contribution in [1.29, 1.82) is 0 Å². The highest BCUT2D eigenvalue weighted by Gasteiger charge is 2.11. The van der Waals surface area contributed by atoms with E-state index in [1.54, 1.807) is 22.7 Å². The molecule has 0 aliphatic carbocycles. The predicted octanol–water partition coefficient (Wildman–Crippen LogP) is 4.78. The summed E-state index contributed by atoms with van der Waals surface area (Å²) >= 11 is 3.49. The van der Waals surface area contributed by atoms with Gasteiger partial charge in [0.2, 0.25) is 5.95 Å². The zero-order chi connectivity index (χ0) is 12.0. The molecule has 3 aromatic rings. The summed E-state index contributed by atoms with van der Waals surface area (Å²) in [4.78, 5) is 10.5. The largest absolute Gasteiger partial charge is 0.325 e. The molecule has 3 heterocycles. The number of nitrogens with zero attached hydrogens (tertiary/aromatic N) is 1. The number of rotatable bonds is 2. The molecular weight excluding hydrogens is 286 g/mol. The van der Waals surface area contributed by atoms with E-state index in [9.17, 15) is 0 Å². The fourth-order valence-corrected chi connectivity index (χ4v) is 3.62. The van der Waals surface area contributed by atoms with Crippen LogP contribution < -0.4 is 5.32 Å². The lowest BCUT2D eigenvalue weighted by molar-refractivity contribution is 1.30. The zero-order valence-electron chi connectivity index (χ0n) is 10.3. The topological polar surface area (TPSA) is 40.7 Å². The third-order valence-electron chi connectivity index (χ3n) is 2.80. The van der Waals surface area contributed by atoms with Crippen LogP contribution >= 0.6 is 35.1 Å². The first kappa shape index (κ1) is 13.4. The Hall–Kier alpha value is -1.04. The molecule has 0 aliphatic rings. The first-order chi connectivity index (χ1) is 8.15. The van der Waals surface area contributed by atoms with E-state index in [4.69, 9.17) is 0 Å². The van der Waals surface area contributed by atoms with Crippen LogP contribution in [0, 0.1) is 20.8 Å². The smallest absolute Gasteiger partial charge is 0.205 e. The number of imidazole rings is 1. The van der Waals surface area contributed by atoms with Crippen LogP contribution in [0.25, 0.3) is 11.0 Å². The average Bonchev–Trinajstić information content (AvgIpc) is 2.91. The second-order valence-electron chi connectivity index (χ2n) is 4.12. The van der Waals surface area contributed by atoms with Crippen molar-refractivity contribution >= 4 is 57.7 Å². The van der Waals surface area contributed by atoms with E-state index >= 15 is 0 Å². The van der Waals surface area contributed by atoms with Gasteiger partial charge >= 0.3 is 0 Å². The Bertz CT molecular complexity index is 646. The molecule has 0 amide bonds. The van der Waals surface area contributed by atoms with Gasteiger partial charge in [-0.25, -0.2) is 4.98 Å². The Balaban J connectivity index is 0.00000120. The predicted molar refractivity (Wildman–Crippen MR) is 83.0 cm³/mol. The van der Waals surface area contributed by atoms with Crippen LogP contribution in [0.5, 0.6) is 0 Å². The Kier molecular flexibility index (Phi) is 3.66. The Labute approximate surface area is 120 Å². The van der Waals surface area contributed by atoms with E-state index in [-0.39, 0.29) is 12.4 Å². The summed E-state index contributed by atoms with van der Waals surface area (Å²) in [5, 5.41) is 7.56. The number of aryl methyl sites for hydroxylation is 3. The van der Waals surface area contributed by atoms with Gasteiger partial charge in [-0.1, -0.05) is 0 Å². The van der Waals surface area contributed by atoms with Crippen LogP contribution in [-0.4, -0.2) is 9.97 Å². The van der Waals surface area contributed by atoms with Crippen molar-refractivity contribution in [3.63, 3.8) is 0 Å². The van der Waals surface area contributed by atoms with Crippen molar-refractivity contribution in [3.05, 3.63) is 26.1 Å². The third kappa shape index (κ3) is 2.13. The van der Waals surface area contributed by atoms with E-state index in [0.29, 0.717) is 0 Å². The lowest BCUT2D eigenvalue weighted by Gasteiger charge is -2.00. The minimum atomic E-state index is 0. The molecule has 6 heteroatoms. The van der Waals surface area contributed by atoms with Crippen molar-refractivity contribution in [2.75, 3.05) is 5.32 Å². The second-order valence-corrected chi connectivity index (χ2v) is 6.29. The van der Waals surface area contributed by atoms with Crippen molar-refractivity contribution in [2.24, 2.45) is 0 Å². The van der Waals surface area contributed by atoms with Gasteiger partial charge in [0, 0.05) is 15.1 Å². The van der Waals surface area contributed by atoms with Gasteiger partial charge in [-0.2, -0.15) is 0 Å². The van der Waals surface area contributed by atoms with Crippen LogP contribution in [0.1, 0.15) is 15.3 Å². The number of aromatic nitrogens is 2. The van der Waals surface area contributed by atoms with Crippen LogP contribution in [0.2, 0.25) is 0 Å². The lowest BCUT2D eigenvalue weighted by Crippen LogP contribution is -1.91. The number of aromatic amines is 1. The van der Waals surface area contributed by atoms with Gasteiger partial charge < -0.3 is 10.3 Å². The standard InChI is InChI=1S/C12H13N3S2.ClH/c1-6-4-16-5-9(6)13-12-14-10-7(2)17-8(3)11(10)15-12;/h4-5H,1-3H3,(H2,13,14,15);1H. The maximum absolute atomic E-state index is 4.60. The molecule has 2 N–H and O–H groups in total. The molecule has 3 aromatic heterocycles. The molecule has 0 atom stereocenters. The molecule has 0 saturated carbocycles. The van der Waals surface area contributed by atoms with E-state index < -0.39 is 0 Å². The molecule has 0 spiro atoms. The van der Waals surface area contributed by atoms with Crippen molar-refractivity contribution in [3.8, 4) is 0 Å². The summed E-state index contributed by atoms with van der Waals surface area (Å²) in [5.74, 6) is 0.829. The number of halogens is 1. The van der Waals surface area contributed by atoms with E-state index in [2.05, 4.69) is 46.8 Å². The molecule has 18 heavy (non-hydrogen) atoms. The Morgan fingerprint density at radius 1 is 1.17 bits per heavy atom. The number of anilines is 2. The second kappa shape index (κ2) is 4.91. The van der Waals surface area contributed by atoms with Crippen molar-refractivity contribution in [2.45, 2.75) is 20.8 Å². The summed E-state index contributed by atoms with van der Waals surface area (Å²) in [6, 6.07) is 0. The molecule has 0 aromatic carbocycles. The van der Waals surface area contributed by atoms with Gasteiger partial charge in [-0.15, -0.1) is 35.1 Å². The summed E-state index contributed by atoms with van der Waals surface area (Å²) in [6.07, 6.45) is 0. The molecule has 3 nitrogen and oxygen atoms in total. The Morgan fingerprint density at radius 2 is 1.94 bits per heavy atom. The summed E-state index contributed by atoms with van der Waals surface area (Å²) < 4.78 is 0. The molecule has 0 unspecified atom stereocenters. The highest BCUT2D eigenvalue weighted by atomic mass is 35.5. The van der Waals surface area contributed by atoms with Crippen LogP contribution in [0.3, 0.4) is 0 Å². The molecule has 0 radical (unpaired) electrons. The summed E-state index contributed by atoms with van der Waals surface area (Å²) in [7, 11) is 0. The number of H-pyrrole nitrogens is 1. The van der Waals surface area contributed by atoms with E-state index in [1.807, 2.05) is 0 Å². The van der Waals surface area contributed by atoms with Crippen LogP contribution in [0.15, 0.2) is 10.8 Å². The highest BCUT2D eigenvalue weighted by molar-refractivity contribution is 7.13. The number of nitrogens with one attached hydrogen (secondary N) is 2. The van der Waals surface area contributed by atoms with Crippen molar-refractivity contribution in [1.82, 2.24) is 9.97 Å². The van der Waals surface area contributed by atoms with Crippen LogP contribution in [0.4, 0.5) is 11.6 Å². The SMILES string of the molecule is Cc1cscc1Nc1nc2c(C)sc(C)c2[nH]1.Cl. The fourth-order valence-electron chi connectivity index (χ4n) is 1.89. The van der Waals surface area contributed by atoms with Gasteiger partial charge in [0.15, 0.2) is 0 Å². The minimum Gasteiger partial charge on any atom is -0.325 e. The first-order valence-electron chi connectivity index (χ1n) is 5.40. The lowest BCUT2D eigenvalue weighted by atomic mass is 10.3. The van der Waals surface area contributed by atoms with E-state index in [0.717, 1.165) is 22.7 Å². The molecular formula is C12H14ClN3S2. The molecule has 3 rings (SSSR count). The third-order valence-corrected chi connectivity index (χ3v) is 4.68. The van der Waals surface area contributed by atoms with Gasteiger partial charge in [0.05, 0.1) is 11.2 Å². The maximum atomic E-state index is 4.60. The van der Waals surface area contributed by atoms with Gasteiger partial charge in [0.25, 0.3) is 0 Å². The number of fused-ring (bicyclic) bond motifs is 1. The van der Waals surface area contributed by atoms with Crippen LogP contribution in [-0.2, 0) is 0 Å². The monoisotopic (exact) mass is 299 g/mol. The summed E-state index contributed by atoms with van der Waals surface area (Å²) in [5.41, 5.74) is 4.62.